The van der Waals surface area contributed by atoms with Crippen molar-refractivity contribution in [1.29, 1.82) is 0 Å². The van der Waals surface area contributed by atoms with E-state index in [0.717, 1.165) is 18.1 Å². The third-order valence-electron chi connectivity index (χ3n) is 5.07. The SMILES string of the molecule is CCCCN(C(=O)CNc1ccc(F)cc1Cl)c1c(N)n(Cc2ccccc2)c(=O)[nH]c1=O. The number of rotatable bonds is 9. The van der Waals surface area contributed by atoms with Crippen molar-refractivity contribution in [3.05, 3.63) is 85.8 Å². The van der Waals surface area contributed by atoms with Gasteiger partial charge in [-0.2, -0.15) is 0 Å². The van der Waals surface area contributed by atoms with Crippen LogP contribution >= 0.6 is 11.6 Å². The number of H-pyrrole nitrogens is 1. The predicted octanol–water partition coefficient (Wildman–Crippen LogP) is 3.20. The van der Waals surface area contributed by atoms with Crippen LogP contribution in [0.1, 0.15) is 25.3 Å². The van der Waals surface area contributed by atoms with Crippen molar-refractivity contribution in [3.8, 4) is 0 Å². The maximum atomic E-state index is 13.3. The van der Waals surface area contributed by atoms with E-state index in [1.54, 1.807) is 0 Å². The average molecular weight is 474 g/mol. The molecule has 1 aromatic heterocycles. The molecule has 0 unspecified atom stereocenters. The van der Waals surface area contributed by atoms with Crippen LogP contribution in [0.4, 0.5) is 21.6 Å². The summed E-state index contributed by atoms with van der Waals surface area (Å²) < 4.78 is 14.5. The molecule has 0 fully saturated rings. The van der Waals surface area contributed by atoms with Gasteiger partial charge in [0.1, 0.15) is 11.6 Å². The van der Waals surface area contributed by atoms with Gasteiger partial charge in [0, 0.05) is 6.54 Å². The zero-order chi connectivity index (χ0) is 24.0. The Morgan fingerprint density at radius 1 is 1.21 bits per heavy atom. The maximum Gasteiger partial charge on any atom is 0.330 e. The smallest absolute Gasteiger partial charge is 0.330 e. The van der Waals surface area contributed by atoms with Crippen molar-refractivity contribution >= 4 is 34.7 Å². The Morgan fingerprint density at radius 2 is 1.94 bits per heavy atom. The molecule has 33 heavy (non-hydrogen) atoms. The van der Waals surface area contributed by atoms with E-state index in [1.807, 2.05) is 37.3 Å². The molecule has 0 spiro atoms. The highest BCUT2D eigenvalue weighted by Crippen LogP contribution is 2.23. The Bertz CT molecular complexity index is 1240. The van der Waals surface area contributed by atoms with Crippen molar-refractivity contribution in [2.45, 2.75) is 26.3 Å². The van der Waals surface area contributed by atoms with Crippen molar-refractivity contribution in [1.82, 2.24) is 9.55 Å². The summed E-state index contributed by atoms with van der Waals surface area (Å²) in [4.78, 5) is 41.8. The molecule has 0 aliphatic heterocycles. The van der Waals surface area contributed by atoms with Crippen LogP contribution in [0, 0.1) is 5.82 Å². The third-order valence-corrected chi connectivity index (χ3v) is 5.38. The Kier molecular flexibility index (Phi) is 7.89. The number of hydrogen-bond acceptors (Lipinski definition) is 5. The Hall–Kier alpha value is -3.59. The molecule has 3 aromatic rings. The summed E-state index contributed by atoms with van der Waals surface area (Å²) in [5.41, 5.74) is 5.94. The first kappa shape index (κ1) is 24.1. The van der Waals surface area contributed by atoms with Crippen molar-refractivity contribution in [3.63, 3.8) is 0 Å². The molecule has 0 aliphatic rings. The van der Waals surface area contributed by atoms with E-state index in [2.05, 4.69) is 10.3 Å². The number of carbonyl (C=O) groups excluding carboxylic acids is 1. The number of aromatic nitrogens is 2. The second-order valence-electron chi connectivity index (χ2n) is 7.44. The lowest BCUT2D eigenvalue weighted by molar-refractivity contribution is -0.117. The molecular formula is C23H25ClFN5O3. The molecule has 0 bridgehead atoms. The molecular weight excluding hydrogens is 449 g/mol. The quantitative estimate of drug-likeness (QED) is 0.441. The maximum absolute atomic E-state index is 13.3. The lowest BCUT2D eigenvalue weighted by Gasteiger charge is -2.25. The van der Waals surface area contributed by atoms with Crippen molar-refractivity contribution in [2.75, 3.05) is 29.0 Å². The lowest BCUT2D eigenvalue weighted by atomic mass is 10.2. The van der Waals surface area contributed by atoms with Crippen LogP contribution < -0.4 is 27.2 Å². The third kappa shape index (κ3) is 5.81. The fraction of sp³-hybridized carbons (Fsp3) is 0.261. The van der Waals surface area contributed by atoms with E-state index in [-0.39, 0.29) is 36.2 Å². The molecule has 174 valence electrons. The number of amides is 1. The molecule has 0 saturated carbocycles. The highest BCUT2D eigenvalue weighted by molar-refractivity contribution is 6.33. The van der Waals surface area contributed by atoms with Gasteiger partial charge in [-0.05, 0) is 30.2 Å². The van der Waals surface area contributed by atoms with Crippen LogP contribution in [0.5, 0.6) is 0 Å². The Morgan fingerprint density at radius 3 is 2.61 bits per heavy atom. The number of hydrogen-bond donors (Lipinski definition) is 3. The van der Waals surface area contributed by atoms with E-state index in [1.165, 1.54) is 21.6 Å². The molecule has 8 nitrogen and oxygen atoms in total. The predicted molar refractivity (Wildman–Crippen MR) is 128 cm³/mol. The molecule has 0 radical (unpaired) electrons. The molecule has 2 aromatic carbocycles. The first-order chi connectivity index (χ1) is 15.8. The molecule has 0 aliphatic carbocycles. The number of benzene rings is 2. The van der Waals surface area contributed by atoms with Gasteiger partial charge in [0.25, 0.3) is 5.56 Å². The van der Waals surface area contributed by atoms with Gasteiger partial charge in [0.15, 0.2) is 5.69 Å². The fourth-order valence-corrected chi connectivity index (χ4v) is 3.57. The molecule has 10 heteroatoms. The zero-order valence-electron chi connectivity index (χ0n) is 18.1. The summed E-state index contributed by atoms with van der Waals surface area (Å²) in [6.45, 7) is 2.09. The number of aromatic amines is 1. The lowest BCUT2D eigenvalue weighted by Crippen LogP contribution is -2.43. The average Bonchev–Trinajstić information content (AvgIpc) is 2.78. The normalized spacial score (nSPS) is 10.8. The minimum absolute atomic E-state index is 0.0871. The molecule has 0 atom stereocenters. The molecule has 0 saturated heterocycles. The summed E-state index contributed by atoms with van der Waals surface area (Å²) in [5, 5.41) is 2.98. The van der Waals surface area contributed by atoms with Gasteiger partial charge >= 0.3 is 5.69 Å². The minimum Gasteiger partial charge on any atom is -0.383 e. The first-order valence-electron chi connectivity index (χ1n) is 10.5. The van der Waals surface area contributed by atoms with Gasteiger partial charge in [0.05, 0.1) is 23.8 Å². The number of carbonyl (C=O) groups is 1. The van der Waals surface area contributed by atoms with Gasteiger partial charge in [-0.1, -0.05) is 55.3 Å². The van der Waals surface area contributed by atoms with Crippen LogP contribution in [-0.4, -0.2) is 28.5 Å². The Balaban J connectivity index is 1.93. The van der Waals surface area contributed by atoms with Gasteiger partial charge in [-0.3, -0.25) is 19.1 Å². The monoisotopic (exact) mass is 473 g/mol. The summed E-state index contributed by atoms with van der Waals surface area (Å²) in [6, 6.07) is 12.9. The summed E-state index contributed by atoms with van der Waals surface area (Å²) >= 11 is 6.02. The van der Waals surface area contributed by atoms with Crippen LogP contribution in [0.15, 0.2) is 58.1 Å². The topological polar surface area (TPSA) is 113 Å². The zero-order valence-corrected chi connectivity index (χ0v) is 18.9. The summed E-state index contributed by atoms with van der Waals surface area (Å²) in [6.07, 6.45) is 1.38. The van der Waals surface area contributed by atoms with E-state index < -0.39 is 23.0 Å². The van der Waals surface area contributed by atoms with Crippen LogP contribution in [-0.2, 0) is 11.3 Å². The highest BCUT2D eigenvalue weighted by atomic mass is 35.5. The summed E-state index contributed by atoms with van der Waals surface area (Å²) in [5.74, 6) is -1.05. The van der Waals surface area contributed by atoms with Crippen molar-refractivity contribution in [2.24, 2.45) is 0 Å². The van der Waals surface area contributed by atoms with Gasteiger partial charge < -0.3 is 16.0 Å². The second-order valence-corrected chi connectivity index (χ2v) is 7.85. The van der Waals surface area contributed by atoms with Crippen molar-refractivity contribution < 1.29 is 9.18 Å². The molecule has 3 rings (SSSR count). The van der Waals surface area contributed by atoms with Crippen LogP contribution in [0.3, 0.4) is 0 Å². The number of halogens is 2. The second kappa shape index (κ2) is 10.8. The van der Waals surface area contributed by atoms with Crippen LogP contribution in [0.25, 0.3) is 0 Å². The number of unbranched alkanes of at least 4 members (excludes halogenated alkanes) is 1. The molecule has 1 heterocycles. The number of nitrogen functional groups attached to an aromatic ring is 1. The largest absolute Gasteiger partial charge is 0.383 e. The number of anilines is 3. The van der Waals surface area contributed by atoms with E-state index in [9.17, 15) is 18.8 Å². The first-order valence-corrected chi connectivity index (χ1v) is 10.9. The Labute approximate surface area is 194 Å². The summed E-state index contributed by atoms with van der Waals surface area (Å²) in [7, 11) is 0. The van der Waals surface area contributed by atoms with E-state index in [0.29, 0.717) is 12.1 Å². The fourth-order valence-electron chi connectivity index (χ4n) is 3.34. The highest BCUT2D eigenvalue weighted by Gasteiger charge is 2.24. The van der Waals surface area contributed by atoms with E-state index >= 15 is 0 Å². The number of nitrogens with two attached hydrogens (primary N) is 1. The van der Waals surface area contributed by atoms with Gasteiger partial charge in [0.2, 0.25) is 5.91 Å². The molecule has 1 amide bonds. The van der Waals surface area contributed by atoms with Gasteiger partial charge in [-0.15, -0.1) is 0 Å². The molecule has 4 N–H and O–H groups in total. The minimum atomic E-state index is -0.744. The van der Waals surface area contributed by atoms with E-state index in [4.69, 9.17) is 17.3 Å². The number of nitrogens with zero attached hydrogens (tertiary/aromatic N) is 2. The van der Waals surface area contributed by atoms with Gasteiger partial charge in [-0.25, -0.2) is 9.18 Å². The standard InChI is InChI=1S/C23H25ClFN5O3/c1-2-3-11-29(19(31)13-27-18-10-9-16(25)12-17(18)24)20-21(26)30(23(33)28-22(20)32)14-15-7-5-4-6-8-15/h4-10,12,27H,2-3,11,13-14,26H2,1H3,(H,28,32,33). The van der Waals surface area contributed by atoms with Crippen LogP contribution in [0.2, 0.25) is 5.02 Å². The number of nitrogens with one attached hydrogen (secondary N) is 2.